The van der Waals surface area contributed by atoms with Crippen LogP contribution in [-0.2, 0) is 7.05 Å². The molecule has 1 nitrogen and oxygen atoms in total. The van der Waals surface area contributed by atoms with E-state index in [1.54, 1.807) is 12.1 Å². The summed E-state index contributed by atoms with van der Waals surface area (Å²) >= 11 is 1.85. The van der Waals surface area contributed by atoms with Crippen molar-refractivity contribution in [2.45, 2.75) is 36.5 Å². The molecule has 4 aromatic carbocycles. The minimum atomic E-state index is -0.155. The zero-order valence-corrected chi connectivity index (χ0v) is 18.9. The molecule has 0 N–H and O–H groups in total. The molecule has 3 heteroatoms. The molecule has 1 aliphatic heterocycles. The van der Waals surface area contributed by atoms with E-state index >= 15 is 0 Å². The average Bonchev–Trinajstić information content (AvgIpc) is 2.75. The molecule has 0 amide bonds. The number of hydrogen-bond acceptors (Lipinski definition) is 1. The molecule has 0 fully saturated rings. The van der Waals surface area contributed by atoms with Gasteiger partial charge >= 0.3 is 0 Å². The van der Waals surface area contributed by atoms with Crippen molar-refractivity contribution in [3.8, 4) is 11.3 Å². The predicted octanol–water partition coefficient (Wildman–Crippen LogP) is 7.67. The van der Waals surface area contributed by atoms with Crippen molar-refractivity contribution in [2.75, 3.05) is 0 Å². The maximum Gasteiger partial charge on any atom is 0.222 e. The van der Waals surface area contributed by atoms with Crippen LogP contribution in [-0.4, -0.2) is 0 Å². The summed E-state index contributed by atoms with van der Waals surface area (Å²) in [5.74, 6) is 0.244. The summed E-state index contributed by atoms with van der Waals surface area (Å²) in [6, 6.07) is 18.4. The highest BCUT2D eigenvalue weighted by Gasteiger charge is 2.33. The van der Waals surface area contributed by atoms with Crippen LogP contribution in [0, 0.1) is 12.7 Å². The van der Waals surface area contributed by atoms with Gasteiger partial charge in [0, 0.05) is 26.6 Å². The molecule has 0 spiro atoms. The van der Waals surface area contributed by atoms with Gasteiger partial charge in [-0.3, -0.25) is 0 Å². The fourth-order valence-corrected chi connectivity index (χ4v) is 6.85. The third kappa shape index (κ3) is 2.47. The Morgan fingerprint density at radius 1 is 0.903 bits per heavy atom. The van der Waals surface area contributed by atoms with Crippen molar-refractivity contribution < 1.29 is 8.96 Å². The fraction of sp³-hybridized carbons (Fsp3) is 0.179. The van der Waals surface area contributed by atoms with Gasteiger partial charge < -0.3 is 0 Å². The van der Waals surface area contributed by atoms with Gasteiger partial charge in [-0.2, -0.15) is 0 Å². The molecule has 1 aliphatic rings. The lowest BCUT2D eigenvalue weighted by atomic mass is 9.87. The number of rotatable bonds is 1. The number of fused-ring (bicyclic) bond motifs is 5. The minimum absolute atomic E-state index is 0.155. The molecule has 0 aliphatic carbocycles. The van der Waals surface area contributed by atoms with E-state index in [1.165, 1.54) is 42.9 Å². The van der Waals surface area contributed by atoms with Gasteiger partial charge in [0.25, 0.3) is 0 Å². The Morgan fingerprint density at radius 2 is 1.68 bits per heavy atom. The van der Waals surface area contributed by atoms with E-state index in [9.17, 15) is 4.39 Å². The van der Waals surface area contributed by atoms with Crippen molar-refractivity contribution in [1.29, 1.82) is 0 Å². The van der Waals surface area contributed by atoms with Crippen LogP contribution < -0.4 is 4.57 Å². The third-order valence-electron chi connectivity index (χ3n) is 6.67. The SMILES string of the molecule is Cc1c2c(c(C(C)C)c3ccccc13)Sc1cc3cccc(F)c3c3cc[n+](C)c-2c13. The molecule has 2 heterocycles. The van der Waals surface area contributed by atoms with E-state index in [-0.39, 0.29) is 5.82 Å². The Balaban J connectivity index is 1.88. The van der Waals surface area contributed by atoms with Gasteiger partial charge in [-0.1, -0.05) is 62.0 Å². The quantitative estimate of drug-likeness (QED) is 0.193. The first kappa shape index (κ1) is 18.8. The smallest absolute Gasteiger partial charge is 0.206 e. The minimum Gasteiger partial charge on any atom is -0.206 e. The Morgan fingerprint density at radius 3 is 2.45 bits per heavy atom. The molecule has 6 rings (SSSR count). The second kappa shape index (κ2) is 6.54. The van der Waals surface area contributed by atoms with Gasteiger partial charge in [-0.15, -0.1) is 0 Å². The highest BCUT2D eigenvalue weighted by atomic mass is 32.2. The molecule has 31 heavy (non-hydrogen) atoms. The van der Waals surface area contributed by atoms with Gasteiger partial charge in [0.15, 0.2) is 6.20 Å². The molecule has 0 unspecified atom stereocenters. The Labute approximate surface area is 185 Å². The lowest BCUT2D eigenvalue weighted by Crippen LogP contribution is -2.32. The molecule has 0 atom stereocenters. The van der Waals surface area contributed by atoms with Crippen molar-refractivity contribution in [1.82, 2.24) is 0 Å². The van der Waals surface area contributed by atoms with Crippen molar-refractivity contribution in [3.05, 3.63) is 77.7 Å². The van der Waals surface area contributed by atoms with Gasteiger partial charge in [0.1, 0.15) is 12.9 Å². The van der Waals surface area contributed by atoms with Gasteiger partial charge in [-0.05, 0) is 52.3 Å². The first-order chi connectivity index (χ1) is 15.0. The third-order valence-corrected chi connectivity index (χ3v) is 7.84. The van der Waals surface area contributed by atoms with E-state index in [2.05, 4.69) is 75.0 Å². The predicted molar refractivity (Wildman–Crippen MR) is 128 cm³/mol. The highest BCUT2D eigenvalue weighted by molar-refractivity contribution is 8.00. The lowest BCUT2D eigenvalue weighted by molar-refractivity contribution is -0.659. The number of aryl methyl sites for hydroxylation is 2. The standard InChI is InChI=1S/C28H23FNS/c1-15(2)23-19-10-6-5-9-18(19)16(3)24-27-26-20(12-13-30(27)4)25-17(8-7-11-21(25)29)14-22(26)31-28(23)24/h5-15H,1-4H3/q+1. The number of nitrogens with zero attached hydrogens (tertiary/aromatic N) is 1. The van der Waals surface area contributed by atoms with Crippen LogP contribution in [0.1, 0.15) is 30.9 Å². The number of hydrogen-bond donors (Lipinski definition) is 0. The summed E-state index contributed by atoms with van der Waals surface area (Å²) in [6.45, 7) is 6.80. The van der Waals surface area contributed by atoms with E-state index in [0.29, 0.717) is 5.92 Å². The summed E-state index contributed by atoms with van der Waals surface area (Å²) in [5.41, 5.74) is 5.19. The molecular formula is C28H23FNS+. The van der Waals surface area contributed by atoms with E-state index in [4.69, 9.17) is 0 Å². The second-order valence-electron chi connectivity index (χ2n) is 8.82. The van der Waals surface area contributed by atoms with Crippen LogP contribution in [0.25, 0.3) is 43.6 Å². The van der Waals surface area contributed by atoms with Crippen LogP contribution in [0.3, 0.4) is 0 Å². The number of pyridine rings is 1. The number of halogens is 1. The Hall–Kier alpha value is -2.91. The van der Waals surface area contributed by atoms with Crippen molar-refractivity contribution in [3.63, 3.8) is 0 Å². The Bertz CT molecular complexity index is 1570. The first-order valence-electron chi connectivity index (χ1n) is 10.7. The number of benzene rings is 4. The average molecular weight is 425 g/mol. The van der Waals surface area contributed by atoms with E-state index < -0.39 is 0 Å². The molecule has 0 bridgehead atoms. The van der Waals surface area contributed by atoms with Crippen LogP contribution in [0.5, 0.6) is 0 Å². The molecule has 0 radical (unpaired) electrons. The van der Waals surface area contributed by atoms with Gasteiger partial charge in [0.05, 0.1) is 10.9 Å². The molecule has 0 saturated carbocycles. The summed E-state index contributed by atoms with van der Waals surface area (Å²) in [6.07, 6.45) is 2.08. The Kier molecular flexibility index (Phi) is 3.97. The van der Waals surface area contributed by atoms with Crippen LogP contribution in [0.15, 0.2) is 70.6 Å². The largest absolute Gasteiger partial charge is 0.222 e. The normalized spacial score (nSPS) is 12.8. The van der Waals surface area contributed by atoms with E-state index in [1.807, 2.05) is 17.8 Å². The zero-order valence-electron chi connectivity index (χ0n) is 18.1. The van der Waals surface area contributed by atoms with Gasteiger partial charge in [-0.25, -0.2) is 8.96 Å². The zero-order chi connectivity index (χ0) is 21.4. The maximum absolute atomic E-state index is 14.9. The monoisotopic (exact) mass is 424 g/mol. The van der Waals surface area contributed by atoms with Crippen LogP contribution in [0.4, 0.5) is 4.39 Å². The van der Waals surface area contributed by atoms with Gasteiger partial charge in [0.2, 0.25) is 5.69 Å². The molecular weight excluding hydrogens is 401 g/mol. The summed E-state index contributed by atoms with van der Waals surface area (Å²) in [4.78, 5) is 2.56. The van der Waals surface area contributed by atoms with E-state index in [0.717, 1.165) is 21.5 Å². The second-order valence-corrected chi connectivity index (χ2v) is 9.87. The lowest BCUT2D eigenvalue weighted by Gasteiger charge is -2.26. The first-order valence-corrected chi connectivity index (χ1v) is 11.6. The summed E-state index contributed by atoms with van der Waals surface area (Å²) in [7, 11) is 2.10. The van der Waals surface area contributed by atoms with Crippen molar-refractivity contribution >= 4 is 44.1 Å². The highest BCUT2D eigenvalue weighted by Crippen LogP contribution is 2.53. The van der Waals surface area contributed by atoms with Crippen LogP contribution in [0.2, 0.25) is 0 Å². The molecule has 1 aromatic heterocycles. The summed E-state index contributed by atoms with van der Waals surface area (Å²) < 4.78 is 17.2. The molecule has 5 aromatic rings. The topological polar surface area (TPSA) is 3.88 Å². The summed E-state index contributed by atoms with van der Waals surface area (Å²) in [5, 5.41) is 6.48. The fourth-order valence-electron chi connectivity index (χ4n) is 5.33. The molecule has 0 saturated heterocycles. The van der Waals surface area contributed by atoms with Crippen LogP contribution >= 0.6 is 11.8 Å². The van der Waals surface area contributed by atoms with Crippen molar-refractivity contribution in [2.24, 2.45) is 7.05 Å². The maximum atomic E-state index is 14.9. The number of aromatic nitrogens is 1. The molecule has 152 valence electrons.